The van der Waals surface area contributed by atoms with Gasteiger partial charge in [0, 0.05) is 12.1 Å². The standard InChI is InChI=1S/C21H15ClN2O8S/c22-18-6-1-2-7-19(18)23-20(25)13-31-21(26)14-8-10-16(11-9-14)32-33(29,30)17-5-3-4-15(12-17)24(27)28/h1-12H,13H2,(H,23,25). The van der Waals surface area contributed by atoms with Gasteiger partial charge in [-0.2, -0.15) is 8.42 Å². The van der Waals surface area contributed by atoms with Gasteiger partial charge in [-0.15, -0.1) is 0 Å². The summed E-state index contributed by atoms with van der Waals surface area (Å²) in [6, 6.07) is 15.8. The minimum Gasteiger partial charge on any atom is -0.452 e. The zero-order chi connectivity index (χ0) is 24.0. The van der Waals surface area contributed by atoms with E-state index in [1.54, 1.807) is 24.3 Å². The van der Waals surface area contributed by atoms with Gasteiger partial charge in [-0.1, -0.05) is 29.8 Å². The molecule has 0 fully saturated rings. The molecule has 0 aliphatic carbocycles. The second-order valence-electron chi connectivity index (χ2n) is 6.42. The number of carbonyl (C=O) groups excluding carboxylic acids is 2. The number of anilines is 1. The highest BCUT2D eigenvalue weighted by molar-refractivity contribution is 7.87. The number of carbonyl (C=O) groups is 2. The van der Waals surface area contributed by atoms with E-state index >= 15 is 0 Å². The van der Waals surface area contributed by atoms with Gasteiger partial charge in [0.05, 0.1) is 21.2 Å². The van der Waals surface area contributed by atoms with Crippen LogP contribution in [0.15, 0.2) is 77.7 Å². The normalized spacial score (nSPS) is 10.8. The van der Waals surface area contributed by atoms with Crippen molar-refractivity contribution in [3.05, 3.63) is 93.5 Å². The number of ether oxygens (including phenoxy) is 1. The fraction of sp³-hybridized carbons (Fsp3) is 0.0476. The molecular formula is C21H15ClN2O8S. The number of non-ortho nitro benzene ring substituents is 1. The van der Waals surface area contributed by atoms with Crippen LogP contribution in [0.1, 0.15) is 10.4 Å². The average molecular weight is 491 g/mol. The largest absolute Gasteiger partial charge is 0.452 e. The molecule has 0 spiro atoms. The van der Waals surface area contributed by atoms with Crippen molar-refractivity contribution in [1.29, 1.82) is 0 Å². The van der Waals surface area contributed by atoms with Crippen LogP contribution in [0.25, 0.3) is 0 Å². The van der Waals surface area contributed by atoms with Crippen molar-refractivity contribution in [2.75, 3.05) is 11.9 Å². The third kappa shape index (κ3) is 6.28. The van der Waals surface area contributed by atoms with Crippen LogP contribution < -0.4 is 9.50 Å². The first-order chi connectivity index (χ1) is 15.7. The van der Waals surface area contributed by atoms with E-state index in [9.17, 15) is 28.1 Å². The minimum absolute atomic E-state index is 0.0423. The number of halogens is 1. The SMILES string of the molecule is O=C(COC(=O)c1ccc(OS(=O)(=O)c2cccc([N+](=O)[O-])c2)cc1)Nc1ccccc1Cl. The molecule has 0 saturated heterocycles. The first kappa shape index (κ1) is 23.7. The first-order valence-electron chi connectivity index (χ1n) is 9.16. The van der Waals surface area contributed by atoms with Crippen molar-refractivity contribution < 1.29 is 31.9 Å². The van der Waals surface area contributed by atoms with E-state index in [-0.39, 0.29) is 11.3 Å². The summed E-state index contributed by atoms with van der Waals surface area (Å²) in [6.45, 7) is -0.566. The summed E-state index contributed by atoms with van der Waals surface area (Å²) < 4.78 is 34.6. The topological polar surface area (TPSA) is 142 Å². The second kappa shape index (κ2) is 10.1. The molecule has 33 heavy (non-hydrogen) atoms. The lowest BCUT2D eigenvalue weighted by Gasteiger charge is -2.09. The molecule has 1 amide bonds. The van der Waals surface area contributed by atoms with Gasteiger partial charge in [0.25, 0.3) is 11.6 Å². The molecule has 0 bridgehead atoms. The molecule has 3 rings (SSSR count). The van der Waals surface area contributed by atoms with Gasteiger partial charge in [-0.25, -0.2) is 4.79 Å². The van der Waals surface area contributed by atoms with Crippen LogP contribution in [0.4, 0.5) is 11.4 Å². The Balaban J connectivity index is 1.59. The Kier molecular flexibility index (Phi) is 7.26. The van der Waals surface area contributed by atoms with Gasteiger partial charge >= 0.3 is 16.1 Å². The lowest BCUT2D eigenvalue weighted by atomic mass is 10.2. The van der Waals surface area contributed by atoms with E-state index < -0.39 is 44.1 Å². The summed E-state index contributed by atoms with van der Waals surface area (Å²) in [4.78, 5) is 33.8. The molecule has 0 aliphatic heterocycles. The molecular weight excluding hydrogens is 476 g/mol. The van der Waals surface area contributed by atoms with Crippen LogP contribution in [0.5, 0.6) is 5.75 Å². The van der Waals surface area contributed by atoms with Crippen molar-refractivity contribution in [3.63, 3.8) is 0 Å². The van der Waals surface area contributed by atoms with Crippen LogP contribution in [-0.2, 0) is 19.6 Å². The maximum atomic E-state index is 12.4. The van der Waals surface area contributed by atoms with E-state index in [1.807, 2.05) is 0 Å². The highest BCUT2D eigenvalue weighted by Gasteiger charge is 2.20. The Bertz CT molecular complexity index is 1310. The number of hydrogen-bond donors (Lipinski definition) is 1. The number of nitrogens with one attached hydrogen (secondary N) is 1. The van der Waals surface area contributed by atoms with Crippen molar-refractivity contribution in [2.24, 2.45) is 0 Å². The monoisotopic (exact) mass is 490 g/mol. The highest BCUT2D eigenvalue weighted by atomic mass is 35.5. The Hall–Kier alpha value is -3.96. The molecule has 170 valence electrons. The number of rotatable bonds is 8. The molecule has 0 heterocycles. The smallest absolute Gasteiger partial charge is 0.339 e. The summed E-state index contributed by atoms with van der Waals surface area (Å²) in [5.74, 6) is -1.55. The van der Waals surface area contributed by atoms with Gasteiger partial charge in [0.1, 0.15) is 10.6 Å². The number of nitro benzene ring substituents is 1. The third-order valence-electron chi connectivity index (χ3n) is 4.10. The van der Waals surface area contributed by atoms with Crippen molar-refractivity contribution >= 4 is 45.0 Å². The Labute approximate surface area is 193 Å². The Morgan fingerprint density at radius 1 is 1.00 bits per heavy atom. The van der Waals surface area contributed by atoms with Gasteiger partial charge in [-0.05, 0) is 42.5 Å². The Morgan fingerprint density at radius 2 is 1.70 bits per heavy atom. The maximum absolute atomic E-state index is 12.4. The Morgan fingerprint density at radius 3 is 2.36 bits per heavy atom. The van der Waals surface area contributed by atoms with E-state index in [2.05, 4.69) is 5.32 Å². The molecule has 3 aromatic carbocycles. The van der Waals surface area contributed by atoms with Crippen molar-refractivity contribution in [2.45, 2.75) is 4.90 Å². The number of esters is 1. The van der Waals surface area contributed by atoms with E-state index in [4.69, 9.17) is 20.5 Å². The summed E-state index contributed by atoms with van der Waals surface area (Å²) in [5, 5.41) is 13.7. The quantitative estimate of drug-likeness (QED) is 0.217. The molecule has 0 aromatic heterocycles. The fourth-order valence-corrected chi connectivity index (χ4v) is 3.69. The number of hydrogen-bond acceptors (Lipinski definition) is 8. The minimum atomic E-state index is -4.34. The highest BCUT2D eigenvalue weighted by Crippen LogP contribution is 2.23. The molecule has 0 atom stereocenters. The summed E-state index contributed by atoms with van der Waals surface area (Å²) >= 11 is 5.94. The fourth-order valence-electron chi connectivity index (χ4n) is 2.54. The maximum Gasteiger partial charge on any atom is 0.339 e. The first-order valence-corrected chi connectivity index (χ1v) is 10.9. The van der Waals surface area contributed by atoms with E-state index in [0.717, 1.165) is 18.2 Å². The average Bonchev–Trinajstić information content (AvgIpc) is 2.79. The number of amides is 1. The van der Waals surface area contributed by atoms with Crippen LogP contribution in [0.2, 0.25) is 5.02 Å². The number of nitrogens with zero attached hydrogens (tertiary/aromatic N) is 1. The van der Waals surface area contributed by atoms with Gasteiger partial charge in [-0.3, -0.25) is 14.9 Å². The lowest BCUT2D eigenvalue weighted by Crippen LogP contribution is -2.21. The summed E-state index contributed by atoms with van der Waals surface area (Å²) in [6.07, 6.45) is 0. The zero-order valence-corrected chi connectivity index (χ0v) is 18.2. The molecule has 0 radical (unpaired) electrons. The van der Waals surface area contributed by atoms with Gasteiger partial charge in [0.2, 0.25) is 0 Å². The molecule has 0 unspecified atom stereocenters. The van der Waals surface area contributed by atoms with Gasteiger partial charge < -0.3 is 14.2 Å². The van der Waals surface area contributed by atoms with Crippen LogP contribution >= 0.6 is 11.6 Å². The van der Waals surface area contributed by atoms with E-state index in [0.29, 0.717) is 10.7 Å². The molecule has 0 aliphatic rings. The van der Waals surface area contributed by atoms with Crippen molar-refractivity contribution in [3.8, 4) is 5.75 Å². The summed E-state index contributed by atoms with van der Waals surface area (Å²) in [7, 11) is -4.34. The predicted molar refractivity (Wildman–Crippen MR) is 118 cm³/mol. The molecule has 1 N–H and O–H groups in total. The zero-order valence-electron chi connectivity index (χ0n) is 16.6. The van der Waals surface area contributed by atoms with Crippen LogP contribution in [-0.4, -0.2) is 31.8 Å². The molecule has 10 nitrogen and oxygen atoms in total. The lowest BCUT2D eigenvalue weighted by molar-refractivity contribution is -0.385. The third-order valence-corrected chi connectivity index (χ3v) is 5.67. The predicted octanol–water partition coefficient (Wildman–Crippen LogP) is 3.81. The van der Waals surface area contributed by atoms with Crippen LogP contribution in [0.3, 0.4) is 0 Å². The second-order valence-corrected chi connectivity index (χ2v) is 8.37. The summed E-state index contributed by atoms with van der Waals surface area (Å²) in [5.41, 5.74) is 0.00339. The molecule has 12 heteroatoms. The molecule has 3 aromatic rings. The van der Waals surface area contributed by atoms with Crippen molar-refractivity contribution in [1.82, 2.24) is 0 Å². The number of para-hydroxylation sites is 1. The van der Waals surface area contributed by atoms with E-state index in [1.165, 1.54) is 30.3 Å². The van der Waals surface area contributed by atoms with Gasteiger partial charge in [0.15, 0.2) is 6.61 Å². The number of nitro groups is 1. The molecule has 0 saturated carbocycles. The number of benzene rings is 3. The van der Waals surface area contributed by atoms with Crippen LogP contribution in [0, 0.1) is 10.1 Å².